The second-order valence-corrected chi connectivity index (χ2v) is 4.39. The third-order valence-electron chi connectivity index (χ3n) is 1.97. The van der Waals surface area contributed by atoms with Crippen molar-refractivity contribution in [3.63, 3.8) is 0 Å². The summed E-state index contributed by atoms with van der Waals surface area (Å²) >= 11 is 1.29. The second kappa shape index (κ2) is 6.00. The number of amides is 1. The standard InChI is InChI=1S/C12H10N2O3S/c15-6-2-1-3-10-4-5-11(18-10)12(16)14-9-7-13-17-8-9/h4-5,7-8,15H,2,6H2,(H,14,16). The number of aliphatic hydroxyl groups is 1. The number of nitrogens with one attached hydrogen (secondary N) is 1. The molecule has 6 heteroatoms. The number of nitrogens with zero attached hydrogens (tertiary/aromatic N) is 1. The molecule has 92 valence electrons. The number of hydrogen-bond acceptors (Lipinski definition) is 5. The molecule has 2 aromatic rings. The van der Waals surface area contributed by atoms with Crippen LogP contribution in [0.1, 0.15) is 21.0 Å². The highest BCUT2D eigenvalue weighted by atomic mass is 32.1. The largest absolute Gasteiger partial charge is 0.395 e. The first kappa shape index (κ1) is 12.4. The first-order valence-electron chi connectivity index (χ1n) is 5.20. The Labute approximate surface area is 107 Å². The van der Waals surface area contributed by atoms with E-state index in [1.807, 2.05) is 0 Å². The third-order valence-corrected chi connectivity index (χ3v) is 2.97. The Morgan fingerprint density at radius 3 is 3.17 bits per heavy atom. The lowest BCUT2D eigenvalue weighted by molar-refractivity contribution is 0.103. The fourth-order valence-electron chi connectivity index (χ4n) is 1.19. The van der Waals surface area contributed by atoms with Crippen LogP contribution in [-0.2, 0) is 0 Å². The Bertz CT molecular complexity index is 578. The van der Waals surface area contributed by atoms with Gasteiger partial charge in [-0.3, -0.25) is 4.79 Å². The molecule has 2 rings (SSSR count). The van der Waals surface area contributed by atoms with Gasteiger partial charge in [-0.2, -0.15) is 0 Å². The van der Waals surface area contributed by atoms with E-state index in [9.17, 15) is 4.79 Å². The molecule has 5 nitrogen and oxygen atoms in total. The van der Waals surface area contributed by atoms with Gasteiger partial charge in [-0.1, -0.05) is 17.0 Å². The minimum atomic E-state index is -0.224. The van der Waals surface area contributed by atoms with E-state index < -0.39 is 0 Å². The summed E-state index contributed by atoms with van der Waals surface area (Å²) in [4.78, 5) is 13.1. The number of rotatable bonds is 3. The predicted molar refractivity (Wildman–Crippen MR) is 67.4 cm³/mol. The average Bonchev–Trinajstić information content (AvgIpc) is 3.00. The number of anilines is 1. The molecule has 0 fully saturated rings. The summed E-state index contributed by atoms with van der Waals surface area (Å²) in [6, 6.07) is 3.48. The number of aliphatic hydroxyl groups excluding tert-OH is 1. The first-order chi connectivity index (χ1) is 8.79. The molecule has 0 spiro atoms. The third kappa shape index (κ3) is 3.20. The van der Waals surface area contributed by atoms with Crippen molar-refractivity contribution in [2.45, 2.75) is 6.42 Å². The highest BCUT2D eigenvalue weighted by Gasteiger charge is 2.09. The van der Waals surface area contributed by atoms with Crippen LogP contribution in [0.4, 0.5) is 5.69 Å². The second-order valence-electron chi connectivity index (χ2n) is 3.31. The Morgan fingerprint density at radius 2 is 2.44 bits per heavy atom. The Hall–Kier alpha value is -2.10. The Balaban J connectivity index is 2.02. The van der Waals surface area contributed by atoms with Crippen molar-refractivity contribution in [2.24, 2.45) is 0 Å². The van der Waals surface area contributed by atoms with Gasteiger partial charge in [-0.25, -0.2) is 0 Å². The smallest absolute Gasteiger partial charge is 0.265 e. The summed E-state index contributed by atoms with van der Waals surface area (Å²) in [5.41, 5.74) is 0.515. The summed E-state index contributed by atoms with van der Waals surface area (Å²) < 4.78 is 4.61. The van der Waals surface area contributed by atoms with Gasteiger partial charge >= 0.3 is 0 Å². The van der Waals surface area contributed by atoms with E-state index >= 15 is 0 Å². The molecule has 0 bridgehead atoms. The molecule has 2 aromatic heterocycles. The van der Waals surface area contributed by atoms with Crippen LogP contribution in [0.25, 0.3) is 0 Å². The lowest BCUT2D eigenvalue weighted by atomic mass is 10.4. The van der Waals surface area contributed by atoms with E-state index in [0.717, 1.165) is 4.88 Å². The molecule has 0 saturated carbocycles. The van der Waals surface area contributed by atoms with Crippen molar-refractivity contribution >= 4 is 22.9 Å². The molecule has 0 saturated heterocycles. The van der Waals surface area contributed by atoms with Gasteiger partial charge in [-0.15, -0.1) is 11.3 Å². The topological polar surface area (TPSA) is 75.4 Å². The van der Waals surface area contributed by atoms with Crippen molar-refractivity contribution in [3.8, 4) is 11.8 Å². The van der Waals surface area contributed by atoms with Gasteiger partial charge in [-0.05, 0) is 12.1 Å². The van der Waals surface area contributed by atoms with Crippen LogP contribution in [0.2, 0.25) is 0 Å². The van der Waals surface area contributed by atoms with E-state index in [1.54, 1.807) is 12.1 Å². The Kier molecular flexibility index (Phi) is 4.12. The number of carbonyl (C=O) groups is 1. The van der Waals surface area contributed by atoms with E-state index in [4.69, 9.17) is 5.11 Å². The highest BCUT2D eigenvalue weighted by molar-refractivity contribution is 7.14. The molecule has 2 heterocycles. The molecule has 0 aliphatic carbocycles. The minimum absolute atomic E-state index is 0.0409. The molecular weight excluding hydrogens is 252 g/mol. The van der Waals surface area contributed by atoms with Gasteiger partial charge in [0.05, 0.1) is 22.6 Å². The van der Waals surface area contributed by atoms with Crippen LogP contribution in [0.5, 0.6) is 0 Å². The zero-order valence-corrected chi connectivity index (χ0v) is 10.2. The van der Waals surface area contributed by atoms with Crippen LogP contribution in [0, 0.1) is 11.8 Å². The maximum atomic E-state index is 11.8. The zero-order valence-electron chi connectivity index (χ0n) is 9.34. The molecule has 2 N–H and O–H groups in total. The molecule has 0 aliphatic rings. The summed E-state index contributed by atoms with van der Waals surface area (Å²) in [6.45, 7) is 0.0409. The molecule has 0 aliphatic heterocycles. The number of aromatic nitrogens is 1. The molecule has 1 amide bonds. The number of thiophene rings is 1. The predicted octanol–water partition coefficient (Wildman–Crippen LogP) is 1.72. The summed E-state index contributed by atoms with van der Waals surface area (Å²) in [7, 11) is 0. The van der Waals surface area contributed by atoms with Crippen molar-refractivity contribution in [1.82, 2.24) is 5.16 Å². The fourth-order valence-corrected chi connectivity index (χ4v) is 1.97. The van der Waals surface area contributed by atoms with Crippen LogP contribution in [0.3, 0.4) is 0 Å². The number of hydrogen-bond donors (Lipinski definition) is 2. The minimum Gasteiger partial charge on any atom is -0.395 e. The van der Waals surface area contributed by atoms with E-state index in [-0.39, 0.29) is 12.5 Å². The van der Waals surface area contributed by atoms with E-state index in [2.05, 4.69) is 26.8 Å². The molecule has 0 unspecified atom stereocenters. The van der Waals surface area contributed by atoms with Crippen molar-refractivity contribution in [3.05, 3.63) is 34.3 Å². The van der Waals surface area contributed by atoms with E-state index in [1.165, 1.54) is 23.8 Å². The van der Waals surface area contributed by atoms with Gasteiger partial charge < -0.3 is 14.9 Å². The van der Waals surface area contributed by atoms with Gasteiger partial charge in [0.2, 0.25) is 0 Å². The maximum Gasteiger partial charge on any atom is 0.265 e. The summed E-state index contributed by atoms with van der Waals surface area (Å²) in [5.74, 6) is 5.46. The monoisotopic (exact) mass is 262 g/mol. The summed E-state index contributed by atoms with van der Waals surface area (Å²) in [6.07, 6.45) is 3.21. The lowest BCUT2D eigenvalue weighted by Crippen LogP contribution is -2.09. The highest BCUT2D eigenvalue weighted by Crippen LogP contribution is 2.17. The SMILES string of the molecule is O=C(Nc1cnoc1)c1ccc(C#CCCO)s1. The summed E-state index contributed by atoms with van der Waals surface area (Å²) in [5, 5.41) is 14.7. The molecule has 0 aromatic carbocycles. The van der Waals surface area contributed by atoms with Gasteiger partial charge in [0, 0.05) is 6.42 Å². The van der Waals surface area contributed by atoms with Crippen molar-refractivity contribution < 1.29 is 14.4 Å². The quantitative estimate of drug-likeness (QED) is 0.826. The van der Waals surface area contributed by atoms with Crippen LogP contribution < -0.4 is 5.32 Å². The van der Waals surface area contributed by atoms with Crippen molar-refractivity contribution in [1.29, 1.82) is 0 Å². The zero-order chi connectivity index (χ0) is 12.8. The molecule has 18 heavy (non-hydrogen) atoms. The molecule has 0 radical (unpaired) electrons. The van der Waals surface area contributed by atoms with Gasteiger partial charge in [0.15, 0.2) is 0 Å². The average molecular weight is 262 g/mol. The van der Waals surface area contributed by atoms with E-state index in [0.29, 0.717) is 17.0 Å². The van der Waals surface area contributed by atoms with Gasteiger partial charge in [0.25, 0.3) is 5.91 Å². The van der Waals surface area contributed by atoms with Gasteiger partial charge in [0.1, 0.15) is 12.0 Å². The molecular formula is C12H10N2O3S. The lowest BCUT2D eigenvalue weighted by Gasteiger charge is -1.96. The normalized spacial score (nSPS) is 9.61. The molecule has 0 atom stereocenters. The first-order valence-corrected chi connectivity index (χ1v) is 6.01. The van der Waals surface area contributed by atoms with Crippen molar-refractivity contribution in [2.75, 3.05) is 11.9 Å². The Morgan fingerprint density at radius 1 is 1.56 bits per heavy atom. The number of carbonyl (C=O) groups excluding carboxylic acids is 1. The maximum absolute atomic E-state index is 11.8. The fraction of sp³-hybridized carbons (Fsp3) is 0.167. The van der Waals surface area contributed by atoms with Crippen LogP contribution >= 0.6 is 11.3 Å². The van der Waals surface area contributed by atoms with Crippen LogP contribution in [0.15, 0.2) is 29.1 Å². The van der Waals surface area contributed by atoms with Crippen LogP contribution in [-0.4, -0.2) is 22.8 Å².